The van der Waals surface area contributed by atoms with Crippen molar-refractivity contribution < 1.29 is 14.3 Å². The maximum atomic E-state index is 13.4. The van der Waals surface area contributed by atoms with Crippen LogP contribution in [0.15, 0.2) is 48.5 Å². The van der Waals surface area contributed by atoms with Gasteiger partial charge in [0.1, 0.15) is 5.82 Å². The van der Waals surface area contributed by atoms with Gasteiger partial charge in [-0.3, -0.25) is 9.69 Å². The fourth-order valence-electron chi connectivity index (χ4n) is 3.12. The lowest BCUT2D eigenvalue weighted by Gasteiger charge is -2.35. The zero-order valence-electron chi connectivity index (χ0n) is 14.4. The summed E-state index contributed by atoms with van der Waals surface area (Å²) in [7, 11) is 0. The predicted molar refractivity (Wildman–Crippen MR) is 94.9 cm³/mol. The molecule has 1 N–H and O–H groups in total. The highest BCUT2D eigenvalue weighted by atomic mass is 19.1. The van der Waals surface area contributed by atoms with Crippen LogP contribution in [-0.4, -0.2) is 53.5 Å². The molecule has 1 heterocycles. The summed E-state index contributed by atoms with van der Waals surface area (Å²) >= 11 is 0. The second-order valence-corrected chi connectivity index (χ2v) is 6.48. The number of benzene rings is 2. The summed E-state index contributed by atoms with van der Waals surface area (Å²) < 4.78 is 13.4. The quantitative estimate of drug-likeness (QED) is 0.929. The van der Waals surface area contributed by atoms with E-state index in [0.717, 1.165) is 18.7 Å². The minimum absolute atomic E-state index is 0.0636. The third kappa shape index (κ3) is 4.24. The first-order valence-corrected chi connectivity index (χ1v) is 8.55. The first-order chi connectivity index (χ1) is 12.0. The minimum atomic E-state index is -0.525. The molecule has 132 valence electrons. The van der Waals surface area contributed by atoms with Crippen LogP contribution in [0.5, 0.6) is 0 Å². The van der Waals surface area contributed by atoms with Crippen molar-refractivity contribution in [3.8, 4) is 0 Å². The molecule has 4 nitrogen and oxygen atoms in total. The summed E-state index contributed by atoms with van der Waals surface area (Å²) in [6, 6.07) is 14.1. The zero-order valence-corrected chi connectivity index (χ0v) is 14.4. The first-order valence-electron chi connectivity index (χ1n) is 8.55. The Hall–Kier alpha value is -2.24. The summed E-state index contributed by atoms with van der Waals surface area (Å²) in [6.45, 7) is 4.87. The van der Waals surface area contributed by atoms with E-state index in [0.29, 0.717) is 30.8 Å². The molecule has 0 aliphatic carbocycles. The van der Waals surface area contributed by atoms with Crippen LogP contribution in [0.4, 0.5) is 4.39 Å². The number of β-amino-alcohol motifs (C(OH)–C–C–N with tert-alkyl or cyclic N) is 1. The number of aliphatic hydroxyl groups is 1. The van der Waals surface area contributed by atoms with Crippen molar-refractivity contribution >= 4 is 5.91 Å². The summed E-state index contributed by atoms with van der Waals surface area (Å²) in [6.07, 6.45) is -0.525. The van der Waals surface area contributed by atoms with Crippen molar-refractivity contribution in [3.63, 3.8) is 0 Å². The standard InChI is InChI=1S/C20H23FN2O2/c1-15-13-17(7-8-18(15)21)20(25)23-11-9-22(10-12-23)14-19(24)16-5-3-2-4-6-16/h2-8,13,19,24H,9-12,14H2,1H3/t19-/m1/s1. The fraction of sp³-hybridized carbons (Fsp3) is 0.350. The molecule has 0 saturated carbocycles. The number of amides is 1. The summed E-state index contributed by atoms with van der Waals surface area (Å²) in [4.78, 5) is 16.5. The number of rotatable bonds is 4. The van der Waals surface area contributed by atoms with Crippen LogP contribution < -0.4 is 0 Å². The topological polar surface area (TPSA) is 43.8 Å². The van der Waals surface area contributed by atoms with Crippen molar-refractivity contribution in [2.75, 3.05) is 32.7 Å². The normalized spacial score (nSPS) is 16.7. The van der Waals surface area contributed by atoms with E-state index in [2.05, 4.69) is 4.90 Å². The molecular formula is C20H23FN2O2. The number of carbonyl (C=O) groups excluding carboxylic acids is 1. The van der Waals surface area contributed by atoms with Crippen LogP contribution >= 0.6 is 0 Å². The Labute approximate surface area is 147 Å². The highest BCUT2D eigenvalue weighted by molar-refractivity contribution is 5.94. The first kappa shape index (κ1) is 17.6. The van der Waals surface area contributed by atoms with Gasteiger partial charge < -0.3 is 10.0 Å². The molecule has 1 aliphatic heterocycles. The van der Waals surface area contributed by atoms with Gasteiger partial charge in [0.25, 0.3) is 5.91 Å². The second-order valence-electron chi connectivity index (χ2n) is 6.48. The number of aliphatic hydroxyl groups excluding tert-OH is 1. The predicted octanol–water partition coefficient (Wildman–Crippen LogP) is 2.63. The van der Waals surface area contributed by atoms with Gasteiger partial charge in [0.05, 0.1) is 6.10 Å². The average Bonchev–Trinajstić information content (AvgIpc) is 2.65. The lowest BCUT2D eigenvalue weighted by atomic mass is 10.1. The van der Waals surface area contributed by atoms with Gasteiger partial charge in [-0.15, -0.1) is 0 Å². The van der Waals surface area contributed by atoms with Gasteiger partial charge in [-0.05, 0) is 36.2 Å². The van der Waals surface area contributed by atoms with E-state index in [1.807, 2.05) is 30.3 Å². The Kier molecular flexibility index (Phi) is 5.46. The number of aryl methyl sites for hydroxylation is 1. The maximum Gasteiger partial charge on any atom is 0.253 e. The molecule has 1 aliphatic rings. The van der Waals surface area contributed by atoms with Gasteiger partial charge in [-0.25, -0.2) is 4.39 Å². The summed E-state index contributed by atoms with van der Waals surface area (Å²) in [5.74, 6) is -0.359. The van der Waals surface area contributed by atoms with Crippen LogP contribution in [0, 0.1) is 12.7 Å². The van der Waals surface area contributed by atoms with Crippen molar-refractivity contribution in [1.82, 2.24) is 9.80 Å². The van der Waals surface area contributed by atoms with Crippen LogP contribution in [0.2, 0.25) is 0 Å². The molecule has 0 spiro atoms. The molecule has 0 aromatic heterocycles. The molecule has 3 rings (SSSR count). The highest BCUT2D eigenvalue weighted by Crippen LogP contribution is 2.17. The zero-order chi connectivity index (χ0) is 17.8. The number of halogens is 1. The molecule has 1 saturated heterocycles. The van der Waals surface area contributed by atoms with Gasteiger partial charge in [-0.1, -0.05) is 30.3 Å². The van der Waals surface area contributed by atoms with E-state index in [1.165, 1.54) is 12.1 Å². The number of hydrogen-bond acceptors (Lipinski definition) is 3. The van der Waals surface area contributed by atoms with Gasteiger partial charge >= 0.3 is 0 Å². The molecular weight excluding hydrogens is 319 g/mol. The van der Waals surface area contributed by atoms with Crippen molar-refractivity contribution in [3.05, 3.63) is 71.0 Å². The second kappa shape index (κ2) is 7.76. The van der Waals surface area contributed by atoms with Crippen LogP contribution in [-0.2, 0) is 0 Å². The van der Waals surface area contributed by atoms with Gasteiger partial charge in [-0.2, -0.15) is 0 Å². The van der Waals surface area contributed by atoms with Crippen LogP contribution in [0.25, 0.3) is 0 Å². The molecule has 1 atom stereocenters. The number of carbonyl (C=O) groups is 1. The average molecular weight is 342 g/mol. The van der Waals surface area contributed by atoms with E-state index in [4.69, 9.17) is 0 Å². The minimum Gasteiger partial charge on any atom is -0.387 e. The Morgan fingerprint density at radius 1 is 1.12 bits per heavy atom. The monoisotopic (exact) mass is 342 g/mol. The molecule has 0 unspecified atom stereocenters. The SMILES string of the molecule is Cc1cc(C(=O)N2CCN(C[C@@H](O)c3ccccc3)CC2)ccc1F. The lowest BCUT2D eigenvalue weighted by molar-refractivity contribution is 0.0527. The van der Waals surface area contributed by atoms with Gasteiger partial charge in [0.15, 0.2) is 0 Å². The Morgan fingerprint density at radius 3 is 2.44 bits per heavy atom. The third-order valence-corrected chi connectivity index (χ3v) is 4.68. The van der Waals surface area contributed by atoms with E-state index in [9.17, 15) is 14.3 Å². The number of hydrogen-bond donors (Lipinski definition) is 1. The Bertz CT molecular complexity index is 728. The molecule has 5 heteroatoms. The smallest absolute Gasteiger partial charge is 0.253 e. The van der Waals surface area contributed by atoms with Crippen LogP contribution in [0.1, 0.15) is 27.6 Å². The van der Waals surface area contributed by atoms with E-state index in [-0.39, 0.29) is 11.7 Å². The maximum absolute atomic E-state index is 13.4. The van der Waals surface area contributed by atoms with Crippen molar-refractivity contribution in [2.45, 2.75) is 13.0 Å². The van der Waals surface area contributed by atoms with E-state index in [1.54, 1.807) is 17.9 Å². The number of piperazine rings is 1. The highest BCUT2D eigenvalue weighted by Gasteiger charge is 2.24. The van der Waals surface area contributed by atoms with E-state index >= 15 is 0 Å². The van der Waals surface area contributed by atoms with Gasteiger partial charge in [0.2, 0.25) is 0 Å². The molecule has 1 amide bonds. The largest absolute Gasteiger partial charge is 0.387 e. The molecule has 25 heavy (non-hydrogen) atoms. The molecule has 1 fully saturated rings. The summed E-state index contributed by atoms with van der Waals surface area (Å²) in [5.41, 5.74) is 1.91. The Morgan fingerprint density at radius 2 is 1.80 bits per heavy atom. The number of nitrogens with zero attached hydrogens (tertiary/aromatic N) is 2. The molecule has 2 aromatic carbocycles. The van der Waals surface area contributed by atoms with Crippen molar-refractivity contribution in [2.24, 2.45) is 0 Å². The Balaban J connectivity index is 1.54. The van der Waals surface area contributed by atoms with Crippen molar-refractivity contribution in [1.29, 1.82) is 0 Å². The third-order valence-electron chi connectivity index (χ3n) is 4.68. The van der Waals surface area contributed by atoms with Crippen LogP contribution in [0.3, 0.4) is 0 Å². The van der Waals surface area contributed by atoms with Gasteiger partial charge in [0, 0.05) is 38.3 Å². The molecule has 0 bridgehead atoms. The molecule has 2 aromatic rings. The fourth-order valence-corrected chi connectivity index (χ4v) is 3.12. The van der Waals surface area contributed by atoms with E-state index < -0.39 is 6.10 Å². The lowest BCUT2D eigenvalue weighted by Crippen LogP contribution is -2.49. The summed E-state index contributed by atoms with van der Waals surface area (Å²) in [5, 5.41) is 10.3. The molecule has 0 radical (unpaired) electrons.